The lowest BCUT2D eigenvalue weighted by atomic mass is 10.1. The Kier molecular flexibility index (Phi) is 5.20. The van der Waals surface area contributed by atoms with E-state index >= 15 is 0 Å². The van der Waals surface area contributed by atoms with Crippen LogP contribution in [0.2, 0.25) is 0 Å². The van der Waals surface area contributed by atoms with Crippen LogP contribution in [0.3, 0.4) is 0 Å². The third-order valence-corrected chi connectivity index (χ3v) is 3.76. The summed E-state index contributed by atoms with van der Waals surface area (Å²) in [5.74, 6) is -0.142. The molecule has 0 aliphatic rings. The van der Waals surface area contributed by atoms with Gasteiger partial charge in [0.1, 0.15) is 11.6 Å². The van der Waals surface area contributed by atoms with Gasteiger partial charge < -0.3 is 10.1 Å². The molecule has 0 aliphatic heterocycles. The van der Waals surface area contributed by atoms with Gasteiger partial charge in [-0.2, -0.15) is 18.3 Å². The molecule has 0 aliphatic carbocycles. The SMILES string of the molecule is COc1ccc(-c2cnnc(NCc3ccc(C(F)(F)F)cc3F)n2)cc1. The fourth-order valence-corrected chi connectivity index (χ4v) is 2.32. The standard InChI is InChI=1S/C18H14F4N4O/c1-27-14-6-3-11(4-7-14)16-10-24-26-17(25-16)23-9-12-2-5-13(8-15(12)19)18(20,21)22/h2-8,10H,9H2,1H3,(H,23,25,26). The Balaban J connectivity index is 1.73. The predicted octanol–water partition coefficient (Wildman–Crippen LogP) is 4.32. The normalized spacial score (nSPS) is 11.3. The molecule has 3 rings (SSSR count). The maximum atomic E-state index is 13.9. The minimum atomic E-state index is -4.59. The molecule has 0 amide bonds. The van der Waals surface area contributed by atoms with Crippen LogP contribution in [0.4, 0.5) is 23.5 Å². The first kappa shape index (κ1) is 18.6. The zero-order chi connectivity index (χ0) is 19.4. The Hall–Kier alpha value is -3.23. The topological polar surface area (TPSA) is 59.9 Å². The number of benzene rings is 2. The molecular weight excluding hydrogens is 364 g/mol. The molecule has 0 radical (unpaired) electrons. The molecule has 9 heteroatoms. The molecule has 0 saturated carbocycles. The van der Waals surface area contributed by atoms with E-state index in [-0.39, 0.29) is 18.1 Å². The molecule has 0 bridgehead atoms. The fourth-order valence-electron chi connectivity index (χ4n) is 2.32. The minimum Gasteiger partial charge on any atom is -0.497 e. The molecule has 27 heavy (non-hydrogen) atoms. The van der Waals surface area contributed by atoms with Gasteiger partial charge in [-0.15, -0.1) is 5.10 Å². The second-order valence-electron chi connectivity index (χ2n) is 5.55. The summed E-state index contributed by atoms with van der Waals surface area (Å²) in [6.45, 7) is -0.0856. The van der Waals surface area contributed by atoms with Crippen molar-refractivity contribution in [2.75, 3.05) is 12.4 Å². The van der Waals surface area contributed by atoms with Crippen molar-refractivity contribution in [3.05, 3.63) is 65.6 Å². The molecule has 0 saturated heterocycles. The fraction of sp³-hybridized carbons (Fsp3) is 0.167. The van der Waals surface area contributed by atoms with Gasteiger partial charge in [0, 0.05) is 17.7 Å². The van der Waals surface area contributed by atoms with Gasteiger partial charge in [-0.05, 0) is 36.4 Å². The van der Waals surface area contributed by atoms with Crippen LogP contribution in [-0.4, -0.2) is 22.3 Å². The van der Waals surface area contributed by atoms with Crippen LogP contribution >= 0.6 is 0 Å². The van der Waals surface area contributed by atoms with E-state index in [2.05, 4.69) is 20.5 Å². The second kappa shape index (κ2) is 7.56. The Labute approximate surface area is 152 Å². The van der Waals surface area contributed by atoms with Gasteiger partial charge in [0.25, 0.3) is 0 Å². The Bertz CT molecular complexity index is 929. The van der Waals surface area contributed by atoms with E-state index in [1.165, 1.54) is 6.20 Å². The number of hydrogen-bond acceptors (Lipinski definition) is 5. The number of aromatic nitrogens is 3. The molecule has 2 aromatic carbocycles. The van der Waals surface area contributed by atoms with Gasteiger partial charge in [-0.25, -0.2) is 9.37 Å². The van der Waals surface area contributed by atoms with Crippen molar-refractivity contribution >= 4 is 5.95 Å². The minimum absolute atomic E-state index is 0.0569. The van der Waals surface area contributed by atoms with E-state index in [0.717, 1.165) is 17.7 Å². The van der Waals surface area contributed by atoms with E-state index in [1.54, 1.807) is 31.4 Å². The number of nitrogens with one attached hydrogen (secondary N) is 1. The van der Waals surface area contributed by atoms with E-state index in [4.69, 9.17) is 4.74 Å². The van der Waals surface area contributed by atoms with Crippen molar-refractivity contribution in [2.45, 2.75) is 12.7 Å². The highest BCUT2D eigenvalue weighted by atomic mass is 19.4. The number of alkyl halides is 3. The first-order valence-corrected chi connectivity index (χ1v) is 7.80. The molecule has 1 N–H and O–H groups in total. The van der Waals surface area contributed by atoms with Crippen molar-refractivity contribution < 1.29 is 22.3 Å². The molecule has 5 nitrogen and oxygen atoms in total. The lowest BCUT2D eigenvalue weighted by Gasteiger charge is -2.10. The third kappa shape index (κ3) is 4.49. The first-order chi connectivity index (χ1) is 12.9. The predicted molar refractivity (Wildman–Crippen MR) is 90.5 cm³/mol. The second-order valence-corrected chi connectivity index (χ2v) is 5.55. The van der Waals surface area contributed by atoms with Gasteiger partial charge in [0.05, 0.1) is 24.6 Å². The number of hydrogen-bond donors (Lipinski definition) is 1. The Morgan fingerprint density at radius 3 is 2.44 bits per heavy atom. The summed E-state index contributed by atoms with van der Waals surface area (Å²) >= 11 is 0. The van der Waals surface area contributed by atoms with Crippen molar-refractivity contribution in [3.63, 3.8) is 0 Å². The van der Waals surface area contributed by atoms with Gasteiger partial charge >= 0.3 is 6.18 Å². The van der Waals surface area contributed by atoms with Crippen molar-refractivity contribution in [1.29, 1.82) is 0 Å². The maximum absolute atomic E-state index is 13.9. The zero-order valence-electron chi connectivity index (χ0n) is 14.1. The summed E-state index contributed by atoms with van der Waals surface area (Å²) in [4.78, 5) is 4.27. The average molecular weight is 378 g/mol. The number of ether oxygens (including phenoxy) is 1. The van der Waals surface area contributed by atoms with Crippen LogP contribution in [0.1, 0.15) is 11.1 Å². The largest absolute Gasteiger partial charge is 0.497 e. The quantitative estimate of drug-likeness (QED) is 0.670. The summed E-state index contributed by atoms with van der Waals surface area (Å²) in [6, 6.07) is 9.48. The molecule has 0 atom stereocenters. The first-order valence-electron chi connectivity index (χ1n) is 7.80. The van der Waals surface area contributed by atoms with Crippen LogP contribution < -0.4 is 10.1 Å². The van der Waals surface area contributed by atoms with Crippen LogP contribution in [0.25, 0.3) is 11.3 Å². The Morgan fingerprint density at radius 2 is 1.81 bits per heavy atom. The van der Waals surface area contributed by atoms with E-state index in [1.807, 2.05) is 0 Å². The monoisotopic (exact) mass is 378 g/mol. The number of halogens is 4. The van der Waals surface area contributed by atoms with Crippen LogP contribution in [0, 0.1) is 5.82 Å². The summed E-state index contributed by atoms with van der Waals surface area (Å²) in [5.41, 5.74) is 0.321. The molecular formula is C18H14F4N4O. The summed E-state index contributed by atoms with van der Waals surface area (Å²) < 4.78 is 56.7. The molecule has 0 spiro atoms. The van der Waals surface area contributed by atoms with Crippen LogP contribution in [-0.2, 0) is 12.7 Å². The number of rotatable bonds is 5. The van der Waals surface area contributed by atoms with Gasteiger partial charge in [-0.3, -0.25) is 0 Å². The summed E-state index contributed by atoms with van der Waals surface area (Å²) in [6.07, 6.45) is -3.13. The molecule has 1 aromatic heterocycles. The smallest absolute Gasteiger partial charge is 0.416 e. The van der Waals surface area contributed by atoms with Gasteiger partial charge in [-0.1, -0.05) is 6.07 Å². The highest BCUT2D eigenvalue weighted by molar-refractivity contribution is 5.60. The third-order valence-electron chi connectivity index (χ3n) is 3.76. The van der Waals surface area contributed by atoms with Crippen molar-refractivity contribution in [1.82, 2.24) is 15.2 Å². The molecule has 1 heterocycles. The van der Waals surface area contributed by atoms with Gasteiger partial charge in [0.2, 0.25) is 5.95 Å². The zero-order valence-corrected chi connectivity index (χ0v) is 14.1. The molecule has 140 valence electrons. The summed E-state index contributed by atoms with van der Waals surface area (Å²) in [7, 11) is 1.56. The lowest BCUT2D eigenvalue weighted by molar-refractivity contribution is -0.137. The van der Waals surface area contributed by atoms with Crippen molar-refractivity contribution in [3.8, 4) is 17.0 Å². The highest BCUT2D eigenvalue weighted by Gasteiger charge is 2.31. The molecule has 0 fully saturated rings. The van der Waals surface area contributed by atoms with Crippen molar-refractivity contribution in [2.24, 2.45) is 0 Å². The lowest BCUT2D eigenvalue weighted by Crippen LogP contribution is -2.09. The molecule has 0 unspecified atom stereocenters. The Morgan fingerprint density at radius 1 is 1.07 bits per heavy atom. The average Bonchev–Trinajstić information content (AvgIpc) is 2.66. The van der Waals surface area contributed by atoms with E-state index in [0.29, 0.717) is 17.5 Å². The van der Waals surface area contributed by atoms with Gasteiger partial charge in [0.15, 0.2) is 0 Å². The number of nitrogens with zero attached hydrogens (tertiary/aromatic N) is 3. The van der Waals surface area contributed by atoms with Crippen LogP contribution in [0.5, 0.6) is 5.75 Å². The summed E-state index contributed by atoms with van der Waals surface area (Å²) in [5, 5.41) is 10.4. The molecule has 3 aromatic rings. The maximum Gasteiger partial charge on any atom is 0.416 e. The highest BCUT2D eigenvalue weighted by Crippen LogP contribution is 2.30. The number of anilines is 1. The van der Waals surface area contributed by atoms with E-state index < -0.39 is 17.6 Å². The van der Waals surface area contributed by atoms with Crippen LogP contribution in [0.15, 0.2) is 48.7 Å². The number of methoxy groups -OCH3 is 1. The van der Waals surface area contributed by atoms with E-state index in [9.17, 15) is 17.6 Å².